The number of amides is 1. The molecule has 1 unspecified atom stereocenters. The van der Waals surface area contributed by atoms with E-state index in [1.807, 2.05) is 0 Å². The summed E-state index contributed by atoms with van der Waals surface area (Å²) in [5.74, 6) is 0.118. The molecule has 0 aromatic heterocycles. The number of nitrogens with zero attached hydrogens (tertiary/aromatic N) is 1. The number of hydrogen-bond acceptors (Lipinski definition) is 5. The van der Waals surface area contributed by atoms with Crippen LogP contribution in [0.2, 0.25) is 0 Å². The van der Waals surface area contributed by atoms with Gasteiger partial charge in [0.15, 0.2) is 9.84 Å². The average Bonchev–Trinajstić information content (AvgIpc) is 2.54. The first kappa shape index (κ1) is 12.3. The van der Waals surface area contributed by atoms with Gasteiger partial charge in [0.1, 0.15) is 6.61 Å². The van der Waals surface area contributed by atoms with Crippen molar-refractivity contribution in [2.75, 3.05) is 31.8 Å². The van der Waals surface area contributed by atoms with E-state index in [0.29, 0.717) is 6.42 Å². The number of hydrogen-bond donors (Lipinski definition) is 1. The number of carbonyl (C=O) groups is 1. The van der Waals surface area contributed by atoms with E-state index in [4.69, 9.17) is 5.11 Å². The van der Waals surface area contributed by atoms with Gasteiger partial charge in [-0.1, -0.05) is 0 Å². The van der Waals surface area contributed by atoms with Crippen molar-refractivity contribution in [1.82, 2.24) is 4.90 Å². The number of aliphatic hydroxyl groups excluding tert-OH is 1. The van der Waals surface area contributed by atoms with Gasteiger partial charge in [0.2, 0.25) is 0 Å². The maximum Gasteiger partial charge on any atom is 0.409 e. The Morgan fingerprint density at radius 3 is 2.73 bits per heavy atom. The Labute approximate surface area is 88.7 Å². The monoisotopic (exact) mass is 237 g/mol. The molecular weight excluding hydrogens is 222 g/mol. The van der Waals surface area contributed by atoms with Crippen molar-refractivity contribution in [3.8, 4) is 0 Å². The molecule has 0 spiro atoms. The minimum absolute atomic E-state index is 0.00226. The van der Waals surface area contributed by atoms with Crippen LogP contribution in [0.25, 0.3) is 0 Å². The molecular formula is C8H15NO5S. The molecule has 7 heteroatoms. The number of ether oxygens (including phenoxy) is 1. The normalized spacial score (nSPS) is 23.7. The fourth-order valence-electron chi connectivity index (χ4n) is 1.46. The first-order valence-electron chi connectivity index (χ1n) is 4.67. The van der Waals surface area contributed by atoms with Crippen LogP contribution in [0.1, 0.15) is 6.42 Å². The highest BCUT2D eigenvalue weighted by Gasteiger charge is 2.33. The van der Waals surface area contributed by atoms with Crippen LogP contribution in [0.4, 0.5) is 4.79 Å². The molecule has 88 valence electrons. The highest BCUT2D eigenvalue weighted by molar-refractivity contribution is 7.91. The first-order chi connectivity index (χ1) is 6.96. The van der Waals surface area contributed by atoms with E-state index in [0.717, 1.165) is 0 Å². The molecule has 0 aromatic carbocycles. The Balaban J connectivity index is 2.47. The molecule has 0 aliphatic carbocycles. The molecule has 6 nitrogen and oxygen atoms in total. The van der Waals surface area contributed by atoms with E-state index in [1.165, 1.54) is 11.9 Å². The van der Waals surface area contributed by atoms with E-state index in [2.05, 4.69) is 4.74 Å². The summed E-state index contributed by atoms with van der Waals surface area (Å²) in [7, 11) is -1.49. The molecule has 0 radical (unpaired) electrons. The Morgan fingerprint density at radius 2 is 2.27 bits per heavy atom. The minimum Gasteiger partial charge on any atom is -0.447 e. The van der Waals surface area contributed by atoms with Gasteiger partial charge < -0.3 is 14.7 Å². The lowest BCUT2D eigenvalue weighted by atomic mass is 10.2. The van der Waals surface area contributed by atoms with Crippen molar-refractivity contribution in [1.29, 1.82) is 0 Å². The lowest BCUT2D eigenvalue weighted by Gasteiger charge is -2.22. The van der Waals surface area contributed by atoms with Crippen LogP contribution in [0, 0.1) is 0 Å². The minimum atomic E-state index is -2.99. The average molecular weight is 237 g/mol. The van der Waals surface area contributed by atoms with Gasteiger partial charge in [-0.2, -0.15) is 0 Å². The molecule has 1 rings (SSSR count). The molecule has 1 aliphatic rings. The number of rotatable bonds is 3. The third kappa shape index (κ3) is 3.35. The van der Waals surface area contributed by atoms with E-state index < -0.39 is 15.9 Å². The molecule has 1 heterocycles. The SMILES string of the molecule is CN(C(=O)OCCO)C1CCS(=O)(=O)C1. The van der Waals surface area contributed by atoms with Gasteiger partial charge in [-0.25, -0.2) is 13.2 Å². The van der Waals surface area contributed by atoms with Gasteiger partial charge in [0.25, 0.3) is 0 Å². The standard InChI is InChI=1S/C8H15NO5S/c1-9(8(11)14-4-3-10)7-2-5-15(12,13)6-7/h7,10H,2-6H2,1H3. The quantitative estimate of drug-likeness (QED) is 0.697. The van der Waals surface area contributed by atoms with Crippen molar-refractivity contribution in [3.63, 3.8) is 0 Å². The fourth-order valence-corrected chi connectivity index (χ4v) is 3.24. The van der Waals surface area contributed by atoms with E-state index in [1.54, 1.807) is 0 Å². The van der Waals surface area contributed by atoms with E-state index >= 15 is 0 Å². The predicted octanol–water partition coefficient (Wildman–Crippen LogP) is -0.766. The van der Waals surface area contributed by atoms with Crippen LogP contribution >= 0.6 is 0 Å². The molecule has 1 atom stereocenters. The topological polar surface area (TPSA) is 83.9 Å². The van der Waals surface area contributed by atoms with Crippen LogP contribution in [0.5, 0.6) is 0 Å². The number of carbonyl (C=O) groups excluding carboxylic acids is 1. The maximum absolute atomic E-state index is 11.3. The maximum atomic E-state index is 11.3. The largest absolute Gasteiger partial charge is 0.447 e. The lowest BCUT2D eigenvalue weighted by molar-refractivity contribution is 0.0827. The lowest BCUT2D eigenvalue weighted by Crippen LogP contribution is -2.38. The Kier molecular flexibility index (Phi) is 3.92. The van der Waals surface area contributed by atoms with Gasteiger partial charge >= 0.3 is 6.09 Å². The Hall–Kier alpha value is -0.820. The zero-order valence-corrected chi connectivity index (χ0v) is 9.37. The highest BCUT2D eigenvalue weighted by atomic mass is 32.2. The van der Waals surface area contributed by atoms with Crippen molar-refractivity contribution in [2.45, 2.75) is 12.5 Å². The van der Waals surface area contributed by atoms with Gasteiger partial charge in [-0.3, -0.25) is 0 Å². The predicted molar refractivity (Wildman–Crippen MR) is 53.3 cm³/mol. The van der Waals surface area contributed by atoms with Crippen LogP contribution < -0.4 is 0 Å². The van der Waals surface area contributed by atoms with Crippen LogP contribution in [-0.4, -0.2) is 62.3 Å². The molecule has 1 amide bonds. The van der Waals surface area contributed by atoms with Crippen molar-refractivity contribution in [3.05, 3.63) is 0 Å². The second-order valence-electron chi connectivity index (χ2n) is 3.51. The van der Waals surface area contributed by atoms with Crippen molar-refractivity contribution >= 4 is 15.9 Å². The van der Waals surface area contributed by atoms with E-state index in [-0.39, 0.29) is 30.8 Å². The molecule has 0 aromatic rings. The smallest absolute Gasteiger partial charge is 0.409 e. The molecule has 1 fully saturated rings. The van der Waals surface area contributed by atoms with Crippen LogP contribution in [0.3, 0.4) is 0 Å². The first-order valence-corrected chi connectivity index (χ1v) is 6.49. The summed E-state index contributed by atoms with van der Waals surface area (Å²) in [6.45, 7) is -0.300. The Morgan fingerprint density at radius 1 is 1.60 bits per heavy atom. The second-order valence-corrected chi connectivity index (χ2v) is 5.73. The molecule has 1 N–H and O–H groups in total. The summed E-state index contributed by atoms with van der Waals surface area (Å²) in [5.41, 5.74) is 0. The van der Waals surface area contributed by atoms with E-state index in [9.17, 15) is 13.2 Å². The number of aliphatic hydroxyl groups is 1. The zero-order chi connectivity index (χ0) is 11.5. The van der Waals surface area contributed by atoms with Gasteiger partial charge in [0.05, 0.1) is 18.1 Å². The van der Waals surface area contributed by atoms with Gasteiger partial charge in [-0.05, 0) is 6.42 Å². The summed E-state index contributed by atoms with van der Waals surface area (Å²) in [5, 5.41) is 8.45. The summed E-state index contributed by atoms with van der Waals surface area (Å²) >= 11 is 0. The molecule has 0 bridgehead atoms. The fraction of sp³-hybridized carbons (Fsp3) is 0.875. The third-order valence-corrected chi connectivity index (χ3v) is 4.11. The van der Waals surface area contributed by atoms with Crippen molar-refractivity contribution in [2.24, 2.45) is 0 Å². The van der Waals surface area contributed by atoms with Gasteiger partial charge in [-0.15, -0.1) is 0 Å². The molecule has 0 saturated carbocycles. The molecule has 1 aliphatic heterocycles. The summed E-state index contributed by atoms with van der Waals surface area (Å²) in [6.07, 6.45) is -0.140. The molecule has 1 saturated heterocycles. The zero-order valence-electron chi connectivity index (χ0n) is 8.55. The van der Waals surface area contributed by atoms with Gasteiger partial charge in [0, 0.05) is 13.1 Å². The Bertz CT molecular complexity index is 326. The van der Waals surface area contributed by atoms with Crippen molar-refractivity contribution < 1.29 is 23.1 Å². The summed E-state index contributed by atoms with van der Waals surface area (Å²) < 4.78 is 27.0. The number of sulfone groups is 1. The third-order valence-electron chi connectivity index (χ3n) is 2.36. The summed E-state index contributed by atoms with van der Waals surface area (Å²) in [6, 6.07) is -0.304. The molecule has 15 heavy (non-hydrogen) atoms. The van der Waals surface area contributed by atoms with Crippen LogP contribution in [0.15, 0.2) is 0 Å². The van der Waals surface area contributed by atoms with Crippen LogP contribution in [-0.2, 0) is 14.6 Å². The highest BCUT2D eigenvalue weighted by Crippen LogP contribution is 2.16. The second kappa shape index (κ2) is 4.80. The summed E-state index contributed by atoms with van der Waals surface area (Å²) in [4.78, 5) is 12.6.